The number of thioether (sulfide) groups is 1. The van der Waals surface area contributed by atoms with E-state index < -0.39 is 5.97 Å². The number of nitrogens with zero attached hydrogens (tertiary/aromatic N) is 3. The van der Waals surface area contributed by atoms with Crippen LogP contribution in [0, 0.1) is 6.92 Å². The molecule has 0 spiro atoms. The van der Waals surface area contributed by atoms with E-state index in [0.717, 1.165) is 22.6 Å². The second-order valence-electron chi connectivity index (χ2n) is 9.83. The predicted molar refractivity (Wildman–Crippen MR) is 149 cm³/mol. The summed E-state index contributed by atoms with van der Waals surface area (Å²) in [4.78, 5) is 23.9. The third kappa shape index (κ3) is 6.36. The average Bonchev–Trinajstić information content (AvgIpc) is 3.31. The molecule has 3 aromatic carbocycles. The number of nitrogens with one attached hydrogen (secondary N) is 2. The molecule has 0 aliphatic carbocycles. The van der Waals surface area contributed by atoms with Gasteiger partial charge in [0.05, 0.1) is 28.2 Å². The molecule has 0 bridgehead atoms. The summed E-state index contributed by atoms with van der Waals surface area (Å²) in [5.74, 6) is -0.525. The van der Waals surface area contributed by atoms with Gasteiger partial charge >= 0.3 is 11.1 Å². The molecule has 1 heterocycles. The van der Waals surface area contributed by atoms with Crippen molar-refractivity contribution in [1.82, 2.24) is 15.6 Å². The summed E-state index contributed by atoms with van der Waals surface area (Å²) in [6.07, 6.45) is 1.33. The molecule has 1 amide bonds. The third-order valence-electron chi connectivity index (χ3n) is 5.91. The van der Waals surface area contributed by atoms with Gasteiger partial charge in [0.1, 0.15) is 5.69 Å². The summed E-state index contributed by atoms with van der Waals surface area (Å²) >= 11 is 1.27. The molecule has 0 aliphatic rings. The largest absolute Gasteiger partial charge is 0.478 e. The number of aryl methyl sites for hydroxylation is 1. The lowest BCUT2D eigenvalue weighted by atomic mass is 9.87. The van der Waals surface area contributed by atoms with Gasteiger partial charge in [-0.25, -0.2) is 10.2 Å². The van der Waals surface area contributed by atoms with Crippen LogP contribution < -0.4 is 9.99 Å². The van der Waals surface area contributed by atoms with Crippen LogP contribution in [-0.2, 0) is 10.2 Å². The van der Waals surface area contributed by atoms with Gasteiger partial charge in [-0.2, -0.15) is 9.67 Å². The van der Waals surface area contributed by atoms with E-state index >= 15 is 0 Å². The maximum Gasteiger partial charge on any atom is 0.342 e. The number of benzene rings is 3. The maximum atomic E-state index is 12.5. The van der Waals surface area contributed by atoms with Gasteiger partial charge in [0.2, 0.25) is 0 Å². The zero-order chi connectivity index (χ0) is 27.3. The number of carbonyl (C=O) groups excluding carboxylic acids is 1. The molecule has 0 atom stereocenters. The van der Waals surface area contributed by atoms with Crippen molar-refractivity contribution in [2.45, 2.75) is 38.3 Å². The highest BCUT2D eigenvalue weighted by atomic mass is 32.2. The molecule has 0 fully saturated rings. The van der Waals surface area contributed by atoms with Crippen LogP contribution >= 0.6 is 11.8 Å². The Labute approximate surface area is 225 Å². The number of amides is 1. The first-order valence-corrected chi connectivity index (χ1v) is 13.1. The van der Waals surface area contributed by atoms with Gasteiger partial charge in [-0.15, -0.1) is 5.10 Å². The van der Waals surface area contributed by atoms with Crippen molar-refractivity contribution >= 4 is 29.9 Å². The van der Waals surface area contributed by atoms with E-state index in [0.29, 0.717) is 10.7 Å². The number of hydrogen-bond donors (Lipinski definition) is 3. The third-order valence-corrected chi connectivity index (χ3v) is 6.84. The van der Waals surface area contributed by atoms with Crippen LogP contribution in [0.25, 0.3) is 17.1 Å². The second-order valence-corrected chi connectivity index (χ2v) is 10.8. The molecule has 194 valence electrons. The van der Waals surface area contributed by atoms with Crippen LogP contribution in [0.15, 0.2) is 83.1 Å². The molecule has 4 rings (SSSR count). The Morgan fingerprint density at radius 2 is 1.74 bits per heavy atom. The minimum atomic E-state index is -1.06. The van der Waals surface area contributed by atoms with Crippen LogP contribution in [0.5, 0.6) is 0 Å². The van der Waals surface area contributed by atoms with Crippen molar-refractivity contribution in [3.05, 3.63) is 95.1 Å². The van der Waals surface area contributed by atoms with E-state index in [2.05, 4.69) is 65.8 Å². The van der Waals surface area contributed by atoms with Gasteiger partial charge in [0.25, 0.3) is 11.7 Å². The number of rotatable bonds is 8. The van der Waals surface area contributed by atoms with Gasteiger partial charge in [-0.1, -0.05) is 68.8 Å². The second kappa shape index (κ2) is 11.4. The fraction of sp³-hybridized carbons (Fsp3) is 0.207. The topological polar surface area (TPSA) is 111 Å². The Balaban J connectivity index is 1.54. The molecule has 0 unspecified atom stereocenters. The number of aromatic amines is 1. The fourth-order valence-electron chi connectivity index (χ4n) is 3.79. The van der Waals surface area contributed by atoms with Gasteiger partial charge in [-0.05, 0) is 60.0 Å². The van der Waals surface area contributed by atoms with Crippen molar-refractivity contribution < 1.29 is 19.3 Å². The lowest BCUT2D eigenvalue weighted by molar-refractivity contribution is -0.625. The molecule has 1 aromatic heterocycles. The minimum absolute atomic E-state index is 0.0476. The van der Waals surface area contributed by atoms with E-state index in [1.165, 1.54) is 29.6 Å². The number of aromatic carboxylic acids is 1. The number of H-pyrrole nitrogens is 1. The predicted octanol–water partition coefficient (Wildman–Crippen LogP) is 4.90. The highest BCUT2D eigenvalue weighted by Gasteiger charge is 2.25. The molecule has 38 heavy (non-hydrogen) atoms. The van der Waals surface area contributed by atoms with Crippen LogP contribution in [0.3, 0.4) is 0 Å². The number of carboxylic acids is 1. The Hall–Kier alpha value is -4.24. The van der Waals surface area contributed by atoms with E-state index in [4.69, 9.17) is 0 Å². The van der Waals surface area contributed by atoms with Crippen molar-refractivity contribution in [2.75, 3.05) is 5.75 Å². The number of hydrazone groups is 1. The van der Waals surface area contributed by atoms with Crippen molar-refractivity contribution in [2.24, 2.45) is 5.10 Å². The van der Waals surface area contributed by atoms with Crippen molar-refractivity contribution in [3.8, 4) is 17.1 Å². The first-order valence-electron chi connectivity index (χ1n) is 12.1. The first kappa shape index (κ1) is 26.8. The standard InChI is InChI=1S/C29H29N5O3S/c1-19-9-15-23(16-10-19)34-26(20-11-13-22(14-12-20)29(2,3)4)32-33-28(34)38-18-25(35)31-30-17-21-7-5-6-8-24(21)27(36)37/h5-17H,18H2,1-4H3,(H2,31,35,36,37)/p+1. The molecule has 0 aliphatic heterocycles. The maximum absolute atomic E-state index is 12.5. The van der Waals surface area contributed by atoms with Crippen LogP contribution in [0.1, 0.15) is 47.8 Å². The van der Waals surface area contributed by atoms with Crippen molar-refractivity contribution in [3.63, 3.8) is 0 Å². The SMILES string of the molecule is Cc1ccc(-[n+]2c(SCC(=O)NN=Cc3ccccc3C(=O)O)n[nH]c2-c2ccc(C(C)(C)C)cc2)cc1. The van der Waals surface area contributed by atoms with Crippen molar-refractivity contribution in [1.29, 1.82) is 0 Å². The average molecular weight is 529 g/mol. The molecule has 0 saturated carbocycles. The van der Waals surface area contributed by atoms with Gasteiger partial charge < -0.3 is 5.11 Å². The fourth-order valence-corrected chi connectivity index (χ4v) is 4.55. The molecular formula is C29H30N5O3S+. The highest BCUT2D eigenvalue weighted by molar-refractivity contribution is 7.99. The summed E-state index contributed by atoms with van der Waals surface area (Å²) in [7, 11) is 0. The Kier molecular flexibility index (Phi) is 8.07. The summed E-state index contributed by atoms with van der Waals surface area (Å²) in [5, 5.41) is 21.5. The zero-order valence-corrected chi connectivity index (χ0v) is 22.5. The summed E-state index contributed by atoms with van der Waals surface area (Å²) in [6.45, 7) is 8.57. The molecule has 8 nitrogen and oxygen atoms in total. The number of hydrogen-bond acceptors (Lipinski definition) is 5. The summed E-state index contributed by atoms with van der Waals surface area (Å²) in [6, 6.07) is 22.9. The molecule has 0 saturated heterocycles. The van der Waals surface area contributed by atoms with Gasteiger partial charge in [0, 0.05) is 5.56 Å². The molecule has 9 heteroatoms. The Morgan fingerprint density at radius 3 is 2.39 bits per heavy atom. The quantitative estimate of drug-likeness (QED) is 0.130. The first-order chi connectivity index (χ1) is 18.1. The number of aromatic nitrogens is 3. The lowest BCUT2D eigenvalue weighted by Crippen LogP contribution is -2.34. The normalized spacial score (nSPS) is 11.6. The Bertz CT molecular complexity index is 1470. The molecule has 0 radical (unpaired) electrons. The zero-order valence-electron chi connectivity index (χ0n) is 21.7. The van der Waals surface area contributed by atoms with Gasteiger partial charge in [0.15, 0.2) is 0 Å². The molecule has 3 N–H and O–H groups in total. The monoisotopic (exact) mass is 528 g/mol. The van der Waals surface area contributed by atoms with Gasteiger partial charge in [-0.3, -0.25) is 4.79 Å². The van der Waals surface area contributed by atoms with E-state index in [9.17, 15) is 14.7 Å². The van der Waals surface area contributed by atoms with E-state index in [-0.39, 0.29) is 22.6 Å². The highest BCUT2D eigenvalue weighted by Crippen LogP contribution is 2.26. The number of carbonyl (C=O) groups is 2. The summed E-state index contributed by atoms with van der Waals surface area (Å²) < 4.78 is 2.00. The molecular weight excluding hydrogens is 498 g/mol. The molecule has 4 aromatic rings. The Morgan fingerprint density at radius 1 is 1.05 bits per heavy atom. The van der Waals surface area contributed by atoms with E-state index in [1.807, 2.05) is 35.8 Å². The van der Waals surface area contributed by atoms with E-state index in [1.54, 1.807) is 18.2 Å². The van der Waals surface area contributed by atoms with Crippen LogP contribution in [0.4, 0.5) is 0 Å². The lowest BCUT2D eigenvalue weighted by Gasteiger charge is -2.18. The number of carboxylic acid groups (broad SMARTS) is 1. The van der Waals surface area contributed by atoms with Crippen LogP contribution in [-0.4, -0.2) is 39.1 Å². The summed E-state index contributed by atoms with van der Waals surface area (Å²) in [5.41, 5.74) is 7.30. The van der Waals surface area contributed by atoms with Crippen LogP contribution in [0.2, 0.25) is 0 Å². The minimum Gasteiger partial charge on any atom is -0.478 e. The smallest absolute Gasteiger partial charge is 0.342 e.